The van der Waals surface area contributed by atoms with Gasteiger partial charge in [-0.25, -0.2) is 0 Å². The molecule has 1 aromatic rings. The summed E-state index contributed by atoms with van der Waals surface area (Å²) in [7, 11) is 0. The lowest BCUT2D eigenvalue weighted by Gasteiger charge is -2.11. The van der Waals surface area contributed by atoms with Crippen LogP contribution in [-0.2, 0) is 9.53 Å². The maximum atomic E-state index is 12.0. The Labute approximate surface area is 146 Å². The predicted molar refractivity (Wildman–Crippen MR) is 97.2 cm³/mol. The number of hydrogen-bond acceptors (Lipinski definition) is 3. The number of esters is 1. The number of ether oxygens (including phenoxy) is 2. The van der Waals surface area contributed by atoms with Gasteiger partial charge in [-0.2, -0.15) is 0 Å². The van der Waals surface area contributed by atoms with Gasteiger partial charge in [0.2, 0.25) is 0 Å². The van der Waals surface area contributed by atoms with Crippen molar-refractivity contribution in [1.29, 1.82) is 0 Å². The Morgan fingerprint density at radius 3 is 2.42 bits per heavy atom. The summed E-state index contributed by atoms with van der Waals surface area (Å²) in [6.07, 6.45) is 10.0. The molecule has 1 aromatic carbocycles. The number of cyclic esters (lactones) is 1. The van der Waals surface area contributed by atoms with Crippen LogP contribution in [0.3, 0.4) is 0 Å². The van der Waals surface area contributed by atoms with E-state index < -0.39 is 0 Å². The van der Waals surface area contributed by atoms with Gasteiger partial charge in [0, 0.05) is 6.42 Å². The molecular formula is C21H32O3. The molecule has 0 amide bonds. The molecule has 134 valence electrons. The van der Waals surface area contributed by atoms with E-state index in [1.807, 2.05) is 24.3 Å². The van der Waals surface area contributed by atoms with Crippen molar-refractivity contribution in [3.63, 3.8) is 0 Å². The zero-order valence-electron chi connectivity index (χ0n) is 15.3. The van der Waals surface area contributed by atoms with E-state index in [9.17, 15) is 4.79 Å². The smallest absolute Gasteiger partial charge is 0.309 e. The molecule has 3 heteroatoms. The van der Waals surface area contributed by atoms with Crippen molar-refractivity contribution in [2.24, 2.45) is 5.92 Å². The van der Waals surface area contributed by atoms with Crippen molar-refractivity contribution >= 4 is 5.97 Å². The third kappa shape index (κ3) is 5.85. The van der Waals surface area contributed by atoms with Gasteiger partial charge in [0.1, 0.15) is 11.9 Å². The third-order valence-corrected chi connectivity index (χ3v) is 4.76. The Balaban J connectivity index is 1.78. The van der Waals surface area contributed by atoms with Crippen LogP contribution >= 0.6 is 0 Å². The van der Waals surface area contributed by atoms with Crippen LogP contribution in [0.4, 0.5) is 0 Å². The minimum absolute atomic E-state index is 0.0172. The average molecular weight is 332 g/mol. The van der Waals surface area contributed by atoms with Gasteiger partial charge < -0.3 is 9.47 Å². The average Bonchev–Trinajstić information content (AvgIpc) is 2.97. The molecule has 0 spiro atoms. The third-order valence-electron chi connectivity index (χ3n) is 4.76. The second-order valence-electron chi connectivity index (χ2n) is 6.83. The second-order valence-corrected chi connectivity index (χ2v) is 6.83. The second kappa shape index (κ2) is 10.4. The van der Waals surface area contributed by atoms with E-state index in [0.29, 0.717) is 0 Å². The van der Waals surface area contributed by atoms with Gasteiger partial charge in [0.25, 0.3) is 0 Å². The largest absolute Gasteiger partial charge is 0.494 e. The highest BCUT2D eigenvalue weighted by Gasteiger charge is 2.34. The van der Waals surface area contributed by atoms with Gasteiger partial charge in [-0.05, 0) is 30.5 Å². The predicted octanol–water partition coefficient (Wildman–Crippen LogP) is 5.83. The summed E-state index contributed by atoms with van der Waals surface area (Å²) in [6, 6.07) is 8.05. The molecule has 0 radical (unpaired) electrons. The van der Waals surface area contributed by atoms with E-state index >= 15 is 0 Å². The Kier molecular flexibility index (Phi) is 8.14. The number of carbonyl (C=O) groups excluding carboxylic acids is 1. The summed E-state index contributed by atoms with van der Waals surface area (Å²) in [6.45, 7) is 5.16. The van der Waals surface area contributed by atoms with Crippen LogP contribution in [0.25, 0.3) is 0 Å². The van der Waals surface area contributed by atoms with Crippen molar-refractivity contribution in [3.05, 3.63) is 29.8 Å². The lowest BCUT2D eigenvalue weighted by atomic mass is 9.95. The van der Waals surface area contributed by atoms with E-state index in [-0.39, 0.29) is 18.0 Å². The van der Waals surface area contributed by atoms with Crippen LogP contribution < -0.4 is 4.74 Å². The standard InChI is InChI=1S/C21H32O3/c1-3-5-7-8-10-18-16-20(24-21(18)22)17-11-13-19(14-12-17)23-15-9-6-4-2/h11-14,18,20H,3-10,15-16H2,1-2H3. The summed E-state index contributed by atoms with van der Waals surface area (Å²) in [5.41, 5.74) is 1.08. The van der Waals surface area contributed by atoms with Crippen molar-refractivity contribution in [1.82, 2.24) is 0 Å². The van der Waals surface area contributed by atoms with Crippen molar-refractivity contribution < 1.29 is 14.3 Å². The highest BCUT2D eigenvalue weighted by Crippen LogP contribution is 2.36. The van der Waals surface area contributed by atoms with Crippen LogP contribution in [0.2, 0.25) is 0 Å². The SMILES string of the molecule is CCCCCCC1CC(c2ccc(OCCCCC)cc2)OC1=O. The van der Waals surface area contributed by atoms with E-state index in [4.69, 9.17) is 9.47 Å². The van der Waals surface area contributed by atoms with Gasteiger partial charge in [-0.15, -0.1) is 0 Å². The Morgan fingerprint density at radius 2 is 1.71 bits per heavy atom. The molecule has 2 unspecified atom stereocenters. The Morgan fingerprint density at radius 1 is 1.00 bits per heavy atom. The van der Waals surface area contributed by atoms with Crippen LogP contribution in [0, 0.1) is 5.92 Å². The fraction of sp³-hybridized carbons (Fsp3) is 0.667. The van der Waals surface area contributed by atoms with Gasteiger partial charge in [0.05, 0.1) is 12.5 Å². The topological polar surface area (TPSA) is 35.5 Å². The molecule has 0 N–H and O–H groups in total. The molecule has 0 aromatic heterocycles. The van der Waals surface area contributed by atoms with Crippen molar-refractivity contribution in [3.8, 4) is 5.75 Å². The molecular weight excluding hydrogens is 300 g/mol. The maximum absolute atomic E-state index is 12.0. The highest BCUT2D eigenvalue weighted by molar-refractivity contribution is 5.74. The minimum atomic E-state index is -0.0807. The first-order valence-corrected chi connectivity index (χ1v) is 9.67. The molecule has 0 aliphatic carbocycles. The maximum Gasteiger partial charge on any atom is 0.309 e. The summed E-state index contributed by atoms with van der Waals surface area (Å²) in [5, 5.41) is 0. The first kappa shape index (κ1) is 18.8. The van der Waals surface area contributed by atoms with Crippen LogP contribution in [0.1, 0.15) is 83.3 Å². The van der Waals surface area contributed by atoms with Gasteiger partial charge in [-0.1, -0.05) is 64.5 Å². The number of rotatable bonds is 11. The number of benzene rings is 1. The zero-order chi connectivity index (χ0) is 17.2. The quantitative estimate of drug-likeness (QED) is 0.378. The highest BCUT2D eigenvalue weighted by atomic mass is 16.6. The summed E-state index contributed by atoms with van der Waals surface area (Å²) in [4.78, 5) is 12.0. The lowest BCUT2D eigenvalue weighted by molar-refractivity contribution is -0.144. The van der Waals surface area contributed by atoms with Gasteiger partial charge in [-0.3, -0.25) is 4.79 Å². The number of unbranched alkanes of at least 4 members (excludes halogenated alkanes) is 5. The molecule has 1 aliphatic rings. The fourth-order valence-electron chi connectivity index (χ4n) is 3.22. The van der Waals surface area contributed by atoms with Crippen molar-refractivity contribution in [2.45, 2.75) is 77.7 Å². The molecule has 1 saturated heterocycles. The van der Waals surface area contributed by atoms with Crippen LogP contribution in [0.15, 0.2) is 24.3 Å². The van der Waals surface area contributed by atoms with Crippen LogP contribution in [-0.4, -0.2) is 12.6 Å². The lowest BCUT2D eigenvalue weighted by Crippen LogP contribution is -2.06. The molecule has 2 rings (SSSR count). The minimum Gasteiger partial charge on any atom is -0.494 e. The fourth-order valence-corrected chi connectivity index (χ4v) is 3.22. The van der Waals surface area contributed by atoms with Crippen molar-refractivity contribution in [2.75, 3.05) is 6.61 Å². The molecule has 2 atom stereocenters. The van der Waals surface area contributed by atoms with Gasteiger partial charge in [0.15, 0.2) is 0 Å². The van der Waals surface area contributed by atoms with Crippen LogP contribution in [0.5, 0.6) is 5.75 Å². The first-order chi connectivity index (χ1) is 11.7. The summed E-state index contributed by atoms with van der Waals surface area (Å²) < 4.78 is 11.3. The zero-order valence-corrected chi connectivity index (χ0v) is 15.3. The van der Waals surface area contributed by atoms with E-state index in [2.05, 4.69) is 13.8 Å². The summed E-state index contributed by atoms with van der Waals surface area (Å²) >= 11 is 0. The normalized spacial score (nSPS) is 20.2. The Bertz CT molecular complexity index is 480. The Hall–Kier alpha value is -1.51. The van der Waals surface area contributed by atoms with E-state index in [1.165, 1.54) is 32.1 Å². The molecule has 1 heterocycles. The first-order valence-electron chi connectivity index (χ1n) is 9.67. The van der Waals surface area contributed by atoms with Gasteiger partial charge >= 0.3 is 5.97 Å². The summed E-state index contributed by atoms with van der Waals surface area (Å²) in [5.74, 6) is 0.962. The molecule has 1 aliphatic heterocycles. The molecule has 24 heavy (non-hydrogen) atoms. The monoisotopic (exact) mass is 332 g/mol. The molecule has 3 nitrogen and oxygen atoms in total. The number of carbonyl (C=O) groups is 1. The molecule has 1 fully saturated rings. The van der Waals surface area contributed by atoms with E-state index in [1.54, 1.807) is 0 Å². The molecule has 0 saturated carbocycles. The number of hydrogen-bond donors (Lipinski definition) is 0. The van der Waals surface area contributed by atoms with E-state index in [0.717, 1.165) is 43.6 Å². The molecule has 0 bridgehead atoms.